The molecule has 0 saturated heterocycles. The fourth-order valence-electron chi connectivity index (χ4n) is 3.43. The molecule has 0 spiro atoms. The summed E-state index contributed by atoms with van der Waals surface area (Å²) in [4.78, 5) is 22.5. The maximum absolute atomic E-state index is 12.2. The molecule has 4 aromatic rings. The van der Waals surface area contributed by atoms with E-state index in [-0.39, 0.29) is 18.0 Å². The van der Waals surface area contributed by atoms with E-state index in [9.17, 15) is 14.9 Å². The number of benzene rings is 3. The van der Waals surface area contributed by atoms with Gasteiger partial charge in [-0.15, -0.1) is 0 Å². The second-order valence-electron chi connectivity index (χ2n) is 7.25. The molecule has 0 bridgehead atoms. The summed E-state index contributed by atoms with van der Waals surface area (Å²) in [7, 11) is 0. The molecule has 0 aliphatic carbocycles. The van der Waals surface area contributed by atoms with Gasteiger partial charge in [0.05, 0.1) is 17.6 Å². The molecule has 0 aliphatic heterocycles. The molecule has 0 radical (unpaired) electrons. The lowest BCUT2D eigenvalue weighted by Crippen LogP contribution is -2.19. The summed E-state index contributed by atoms with van der Waals surface area (Å²) < 4.78 is 3.36. The predicted octanol–water partition coefficient (Wildman–Crippen LogP) is 4.90. The maximum Gasteiger partial charge on any atom is 0.269 e. The highest BCUT2D eigenvalue weighted by atomic mass is 127. The smallest absolute Gasteiger partial charge is 0.269 e. The van der Waals surface area contributed by atoms with Crippen LogP contribution >= 0.6 is 22.6 Å². The van der Waals surface area contributed by atoms with Gasteiger partial charge in [-0.1, -0.05) is 42.5 Å². The minimum atomic E-state index is -0.469. The van der Waals surface area contributed by atoms with E-state index in [2.05, 4.69) is 68.0 Å². The molecule has 1 amide bonds. The Kier molecular flexibility index (Phi) is 6.60. The van der Waals surface area contributed by atoms with Crippen molar-refractivity contribution >= 4 is 51.3 Å². The summed E-state index contributed by atoms with van der Waals surface area (Å²) in [6, 6.07) is 22.4. The van der Waals surface area contributed by atoms with E-state index in [4.69, 9.17) is 0 Å². The molecule has 3 aromatic carbocycles. The van der Waals surface area contributed by atoms with Crippen molar-refractivity contribution in [1.82, 2.24) is 9.99 Å². The van der Waals surface area contributed by atoms with Gasteiger partial charge >= 0.3 is 0 Å². The van der Waals surface area contributed by atoms with Crippen molar-refractivity contribution in [3.63, 3.8) is 0 Å². The number of nitro benzene ring substituents is 1. The molecular weight excluding hydrogens is 519 g/mol. The Balaban J connectivity index is 1.45. The fraction of sp³-hybridized carbons (Fsp3) is 0.0833. The molecule has 0 saturated carbocycles. The highest BCUT2D eigenvalue weighted by Gasteiger charge is 2.09. The molecule has 7 nitrogen and oxygen atoms in total. The topological polar surface area (TPSA) is 89.5 Å². The minimum absolute atomic E-state index is 0.00573. The van der Waals surface area contributed by atoms with Gasteiger partial charge in [0.15, 0.2) is 0 Å². The summed E-state index contributed by atoms with van der Waals surface area (Å²) in [6.45, 7) is 0.734. The van der Waals surface area contributed by atoms with E-state index >= 15 is 0 Å². The van der Waals surface area contributed by atoms with E-state index in [0.717, 1.165) is 23.0 Å². The molecule has 0 aliphatic rings. The molecule has 8 heteroatoms. The number of nitrogens with zero attached hydrogens (tertiary/aromatic N) is 3. The van der Waals surface area contributed by atoms with Crippen molar-refractivity contribution in [3.05, 3.63) is 109 Å². The lowest BCUT2D eigenvalue weighted by molar-refractivity contribution is -0.384. The zero-order valence-electron chi connectivity index (χ0n) is 16.9. The summed E-state index contributed by atoms with van der Waals surface area (Å²) >= 11 is 2.29. The largest absolute Gasteiger partial charge is 0.342 e. The monoisotopic (exact) mass is 538 g/mol. The zero-order valence-corrected chi connectivity index (χ0v) is 19.1. The van der Waals surface area contributed by atoms with Crippen molar-refractivity contribution in [2.24, 2.45) is 5.10 Å². The maximum atomic E-state index is 12.2. The second kappa shape index (κ2) is 9.73. The van der Waals surface area contributed by atoms with Crippen LogP contribution in [-0.2, 0) is 17.8 Å². The van der Waals surface area contributed by atoms with Crippen molar-refractivity contribution in [2.75, 3.05) is 0 Å². The first kappa shape index (κ1) is 21.7. The third-order valence-electron chi connectivity index (χ3n) is 4.99. The van der Waals surface area contributed by atoms with Crippen molar-refractivity contribution in [2.45, 2.75) is 13.0 Å². The highest BCUT2D eigenvalue weighted by molar-refractivity contribution is 14.1. The predicted molar refractivity (Wildman–Crippen MR) is 133 cm³/mol. The Morgan fingerprint density at radius 3 is 2.44 bits per heavy atom. The number of carbonyl (C=O) groups excluding carboxylic acids is 1. The average Bonchev–Trinajstić information content (AvgIpc) is 3.13. The Morgan fingerprint density at radius 2 is 1.72 bits per heavy atom. The van der Waals surface area contributed by atoms with Gasteiger partial charge in [0.2, 0.25) is 5.91 Å². The normalized spacial score (nSPS) is 11.2. The standard InChI is InChI=1S/C24H19IN4O3/c25-20-9-5-18(6-10-20)15-28-16-19(22-3-1-2-4-23(22)28)14-26-27-24(30)13-17-7-11-21(12-8-17)29(31)32/h1-12,14,16H,13,15H2,(H,27,30). The molecule has 160 valence electrons. The van der Waals surface area contributed by atoms with E-state index in [1.807, 2.05) is 24.4 Å². The third-order valence-corrected chi connectivity index (χ3v) is 5.71. The van der Waals surface area contributed by atoms with Crippen LogP contribution in [0, 0.1) is 13.7 Å². The Bertz CT molecular complexity index is 1300. The van der Waals surface area contributed by atoms with Crippen LogP contribution in [0.25, 0.3) is 10.9 Å². The number of non-ortho nitro benzene ring substituents is 1. The quantitative estimate of drug-likeness (QED) is 0.157. The summed E-state index contributed by atoms with van der Waals surface area (Å²) in [5.74, 6) is -0.294. The minimum Gasteiger partial charge on any atom is -0.342 e. The molecule has 0 atom stereocenters. The zero-order chi connectivity index (χ0) is 22.5. The Hall–Kier alpha value is -3.53. The number of fused-ring (bicyclic) bond motifs is 1. The average molecular weight is 538 g/mol. The number of rotatable bonds is 7. The Morgan fingerprint density at radius 1 is 1.03 bits per heavy atom. The number of hydrogen-bond acceptors (Lipinski definition) is 4. The Labute approximate surface area is 198 Å². The van der Waals surface area contributed by atoms with Gasteiger partial charge < -0.3 is 4.57 Å². The van der Waals surface area contributed by atoms with Crippen molar-refractivity contribution in [1.29, 1.82) is 0 Å². The number of halogens is 1. The van der Waals surface area contributed by atoms with Gasteiger partial charge in [-0.2, -0.15) is 5.10 Å². The molecule has 1 aromatic heterocycles. The summed E-state index contributed by atoms with van der Waals surface area (Å²) in [5.41, 5.74) is 6.40. The van der Waals surface area contributed by atoms with Crippen LogP contribution in [0.1, 0.15) is 16.7 Å². The molecule has 0 unspecified atom stereocenters. The van der Waals surface area contributed by atoms with Gasteiger partial charge in [0.25, 0.3) is 5.69 Å². The first-order valence-corrected chi connectivity index (χ1v) is 10.9. The summed E-state index contributed by atoms with van der Waals surface area (Å²) in [5, 5.41) is 15.9. The van der Waals surface area contributed by atoms with E-state index in [1.165, 1.54) is 21.3 Å². The van der Waals surface area contributed by atoms with Crippen molar-refractivity contribution < 1.29 is 9.72 Å². The van der Waals surface area contributed by atoms with Gasteiger partial charge in [-0.3, -0.25) is 14.9 Å². The van der Waals surface area contributed by atoms with Gasteiger partial charge in [-0.05, 0) is 51.9 Å². The second-order valence-corrected chi connectivity index (χ2v) is 8.50. The molecule has 32 heavy (non-hydrogen) atoms. The van der Waals surface area contributed by atoms with Crippen LogP contribution in [0.15, 0.2) is 84.1 Å². The first-order chi connectivity index (χ1) is 15.5. The lowest BCUT2D eigenvalue weighted by atomic mass is 10.1. The molecule has 4 rings (SSSR count). The summed E-state index contributed by atoms with van der Waals surface area (Å²) in [6.07, 6.45) is 3.75. The molecular formula is C24H19IN4O3. The first-order valence-electron chi connectivity index (χ1n) is 9.87. The SMILES string of the molecule is O=C(Cc1ccc([N+](=O)[O-])cc1)NN=Cc1cn(Cc2ccc(I)cc2)c2ccccc12. The number of hydrazone groups is 1. The number of nitrogens with one attached hydrogen (secondary N) is 1. The van der Waals surface area contributed by atoms with Crippen molar-refractivity contribution in [3.8, 4) is 0 Å². The van der Waals surface area contributed by atoms with Crippen LogP contribution in [0.3, 0.4) is 0 Å². The van der Waals surface area contributed by atoms with Crippen LogP contribution in [0.4, 0.5) is 5.69 Å². The van der Waals surface area contributed by atoms with Gasteiger partial charge in [-0.25, -0.2) is 5.43 Å². The number of para-hydroxylation sites is 1. The number of hydrogen-bond donors (Lipinski definition) is 1. The molecule has 1 heterocycles. The van der Waals surface area contributed by atoms with Crippen LogP contribution in [0.2, 0.25) is 0 Å². The lowest BCUT2D eigenvalue weighted by Gasteiger charge is -2.05. The fourth-order valence-corrected chi connectivity index (χ4v) is 3.79. The van der Waals surface area contributed by atoms with E-state index in [0.29, 0.717) is 5.56 Å². The number of carbonyl (C=O) groups is 1. The van der Waals surface area contributed by atoms with Crippen LogP contribution < -0.4 is 5.43 Å². The third kappa shape index (κ3) is 5.20. The van der Waals surface area contributed by atoms with E-state index < -0.39 is 4.92 Å². The molecule has 0 fully saturated rings. The number of aromatic nitrogens is 1. The van der Waals surface area contributed by atoms with E-state index in [1.54, 1.807) is 18.3 Å². The van der Waals surface area contributed by atoms with Crippen LogP contribution in [0.5, 0.6) is 0 Å². The van der Waals surface area contributed by atoms with Gasteiger partial charge in [0.1, 0.15) is 0 Å². The number of amides is 1. The van der Waals surface area contributed by atoms with Gasteiger partial charge in [0, 0.05) is 44.9 Å². The van der Waals surface area contributed by atoms with Crippen LogP contribution in [-0.4, -0.2) is 21.6 Å². The number of nitro groups is 1. The molecule has 1 N–H and O–H groups in total. The highest BCUT2D eigenvalue weighted by Crippen LogP contribution is 2.21.